The number of benzene rings is 1. The van der Waals surface area contributed by atoms with Gasteiger partial charge in [0.25, 0.3) is 0 Å². The SMILES string of the molecule is CC(=O)c1ccc(OCCCC(=O)NC23CC4CC(CC(C4)C2)C3)cc1. The van der Waals surface area contributed by atoms with Crippen LogP contribution in [0.15, 0.2) is 24.3 Å². The molecule has 140 valence electrons. The van der Waals surface area contributed by atoms with Gasteiger partial charge in [0.15, 0.2) is 5.78 Å². The molecule has 0 radical (unpaired) electrons. The molecule has 0 atom stereocenters. The molecule has 1 aromatic rings. The number of amides is 1. The van der Waals surface area contributed by atoms with Crippen LogP contribution in [-0.4, -0.2) is 23.8 Å². The van der Waals surface area contributed by atoms with Crippen LogP contribution < -0.4 is 10.1 Å². The lowest BCUT2D eigenvalue weighted by atomic mass is 9.53. The second kappa shape index (κ2) is 7.05. The monoisotopic (exact) mass is 355 g/mol. The van der Waals surface area contributed by atoms with Crippen LogP contribution >= 0.6 is 0 Å². The van der Waals surface area contributed by atoms with Crippen molar-refractivity contribution in [2.45, 2.75) is 63.8 Å². The zero-order valence-corrected chi connectivity index (χ0v) is 15.6. The fourth-order valence-electron chi connectivity index (χ4n) is 5.83. The Morgan fingerprint density at radius 3 is 2.15 bits per heavy atom. The molecule has 26 heavy (non-hydrogen) atoms. The zero-order chi connectivity index (χ0) is 18.1. The van der Waals surface area contributed by atoms with Gasteiger partial charge < -0.3 is 10.1 Å². The van der Waals surface area contributed by atoms with Gasteiger partial charge in [0.1, 0.15) is 5.75 Å². The largest absolute Gasteiger partial charge is 0.494 e. The van der Waals surface area contributed by atoms with E-state index in [4.69, 9.17) is 4.74 Å². The molecule has 1 aromatic carbocycles. The predicted octanol–water partition coefficient (Wildman–Crippen LogP) is 4.13. The number of rotatable bonds is 7. The van der Waals surface area contributed by atoms with Crippen LogP contribution in [0, 0.1) is 17.8 Å². The predicted molar refractivity (Wildman–Crippen MR) is 100 cm³/mol. The Kier molecular flexibility index (Phi) is 4.76. The Bertz CT molecular complexity index is 644. The van der Waals surface area contributed by atoms with Crippen molar-refractivity contribution in [3.63, 3.8) is 0 Å². The highest BCUT2D eigenvalue weighted by molar-refractivity contribution is 5.94. The summed E-state index contributed by atoms with van der Waals surface area (Å²) in [6.07, 6.45) is 9.01. The van der Waals surface area contributed by atoms with E-state index in [9.17, 15) is 9.59 Å². The molecule has 1 amide bonds. The van der Waals surface area contributed by atoms with Crippen molar-refractivity contribution in [2.24, 2.45) is 17.8 Å². The van der Waals surface area contributed by atoms with E-state index in [2.05, 4.69) is 5.32 Å². The van der Waals surface area contributed by atoms with Crippen molar-refractivity contribution < 1.29 is 14.3 Å². The van der Waals surface area contributed by atoms with Crippen LogP contribution in [-0.2, 0) is 4.79 Å². The lowest BCUT2D eigenvalue weighted by Crippen LogP contribution is -2.59. The fourth-order valence-corrected chi connectivity index (χ4v) is 5.83. The molecule has 4 fully saturated rings. The van der Waals surface area contributed by atoms with Gasteiger partial charge >= 0.3 is 0 Å². The summed E-state index contributed by atoms with van der Waals surface area (Å²) in [4.78, 5) is 23.7. The minimum atomic E-state index is 0.0536. The summed E-state index contributed by atoms with van der Waals surface area (Å²) in [5.41, 5.74) is 0.794. The minimum absolute atomic E-state index is 0.0536. The Balaban J connectivity index is 1.20. The van der Waals surface area contributed by atoms with E-state index in [1.54, 1.807) is 19.1 Å². The number of hydrogen-bond acceptors (Lipinski definition) is 3. The molecular formula is C22H29NO3. The van der Waals surface area contributed by atoms with Crippen LogP contribution in [0.5, 0.6) is 5.75 Å². The second-order valence-electron chi connectivity index (χ2n) is 8.78. The van der Waals surface area contributed by atoms with E-state index in [0.29, 0.717) is 25.0 Å². The van der Waals surface area contributed by atoms with Gasteiger partial charge in [-0.15, -0.1) is 0 Å². The quantitative estimate of drug-likeness (QED) is 0.591. The third-order valence-corrected chi connectivity index (χ3v) is 6.52. The Morgan fingerprint density at radius 2 is 1.62 bits per heavy atom. The minimum Gasteiger partial charge on any atom is -0.494 e. The summed E-state index contributed by atoms with van der Waals surface area (Å²) in [6.45, 7) is 2.08. The van der Waals surface area contributed by atoms with Crippen LogP contribution in [0.2, 0.25) is 0 Å². The molecule has 0 aromatic heterocycles. The standard InChI is InChI=1S/C22H29NO3/c1-15(24)19-4-6-20(7-5-19)26-8-2-3-21(25)23-22-12-16-9-17(13-22)11-18(10-16)14-22/h4-7,16-18H,2-3,8-14H2,1H3,(H,23,25). The topological polar surface area (TPSA) is 55.4 Å². The fraction of sp³-hybridized carbons (Fsp3) is 0.636. The number of nitrogens with one attached hydrogen (secondary N) is 1. The number of hydrogen-bond donors (Lipinski definition) is 1. The highest BCUT2D eigenvalue weighted by Gasteiger charge is 2.51. The molecule has 4 aliphatic rings. The zero-order valence-electron chi connectivity index (χ0n) is 15.6. The van der Waals surface area contributed by atoms with Gasteiger partial charge in [0, 0.05) is 17.5 Å². The summed E-state index contributed by atoms with van der Waals surface area (Å²) in [6, 6.07) is 7.17. The normalized spacial score (nSPS) is 31.7. The van der Waals surface area contributed by atoms with Crippen LogP contribution in [0.3, 0.4) is 0 Å². The number of carbonyl (C=O) groups excluding carboxylic acids is 2. The lowest BCUT2D eigenvalue weighted by Gasteiger charge is -2.56. The maximum atomic E-state index is 12.5. The summed E-state index contributed by atoms with van der Waals surface area (Å²) >= 11 is 0. The highest BCUT2D eigenvalue weighted by atomic mass is 16.5. The average molecular weight is 355 g/mol. The number of ketones is 1. The molecule has 0 heterocycles. The van der Waals surface area contributed by atoms with Crippen molar-refractivity contribution in [1.29, 1.82) is 0 Å². The smallest absolute Gasteiger partial charge is 0.220 e. The van der Waals surface area contributed by atoms with E-state index in [1.807, 2.05) is 12.1 Å². The molecular weight excluding hydrogens is 326 g/mol. The van der Waals surface area contributed by atoms with Gasteiger partial charge in [-0.1, -0.05) is 0 Å². The first-order valence-corrected chi connectivity index (χ1v) is 10.1. The van der Waals surface area contributed by atoms with Crippen molar-refractivity contribution in [1.82, 2.24) is 5.32 Å². The molecule has 5 rings (SSSR count). The number of Topliss-reactive ketones (excluding diaryl/α,β-unsaturated/α-hetero) is 1. The first kappa shape index (κ1) is 17.6. The van der Waals surface area contributed by atoms with Crippen molar-refractivity contribution in [2.75, 3.05) is 6.61 Å². The van der Waals surface area contributed by atoms with Crippen molar-refractivity contribution in [3.8, 4) is 5.75 Å². The van der Waals surface area contributed by atoms with Gasteiger partial charge in [0.2, 0.25) is 5.91 Å². The first-order chi connectivity index (χ1) is 12.5. The van der Waals surface area contributed by atoms with E-state index in [0.717, 1.165) is 23.5 Å². The van der Waals surface area contributed by atoms with Crippen LogP contribution in [0.4, 0.5) is 0 Å². The molecule has 0 aliphatic heterocycles. The van der Waals surface area contributed by atoms with Gasteiger partial charge in [-0.2, -0.15) is 0 Å². The van der Waals surface area contributed by atoms with Gasteiger partial charge in [-0.25, -0.2) is 0 Å². The maximum absolute atomic E-state index is 12.5. The summed E-state index contributed by atoms with van der Waals surface area (Å²) in [5.74, 6) is 3.53. The van der Waals surface area contributed by atoms with E-state index in [-0.39, 0.29) is 17.2 Å². The third-order valence-electron chi connectivity index (χ3n) is 6.52. The van der Waals surface area contributed by atoms with Crippen molar-refractivity contribution >= 4 is 11.7 Å². The Morgan fingerprint density at radius 1 is 1.04 bits per heavy atom. The van der Waals surface area contributed by atoms with E-state index < -0.39 is 0 Å². The molecule has 4 bridgehead atoms. The molecule has 4 nitrogen and oxygen atoms in total. The number of ether oxygens (including phenoxy) is 1. The molecule has 4 saturated carbocycles. The van der Waals surface area contributed by atoms with E-state index in [1.165, 1.54) is 38.5 Å². The van der Waals surface area contributed by atoms with Crippen LogP contribution in [0.1, 0.15) is 68.6 Å². The Labute approximate surface area is 155 Å². The van der Waals surface area contributed by atoms with Crippen LogP contribution in [0.25, 0.3) is 0 Å². The second-order valence-corrected chi connectivity index (χ2v) is 8.78. The average Bonchev–Trinajstić information content (AvgIpc) is 2.57. The third kappa shape index (κ3) is 3.79. The van der Waals surface area contributed by atoms with Gasteiger partial charge in [0.05, 0.1) is 6.61 Å². The summed E-state index contributed by atoms with van der Waals surface area (Å²) in [7, 11) is 0. The summed E-state index contributed by atoms with van der Waals surface area (Å²) in [5, 5.41) is 3.41. The molecule has 4 aliphatic carbocycles. The van der Waals surface area contributed by atoms with Gasteiger partial charge in [-0.05, 0) is 93.9 Å². The van der Waals surface area contributed by atoms with Crippen molar-refractivity contribution in [3.05, 3.63) is 29.8 Å². The molecule has 0 saturated heterocycles. The molecule has 0 spiro atoms. The molecule has 0 unspecified atom stereocenters. The Hall–Kier alpha value is -1.84. The first-order valence-electron chi connectivity index (χ1n) is 10.1. The summed E-state index contributed by atoms with van der Waals surface area (Å²) < 4.78 is 5.69. The molecule has 1 N–H and O–H groups in total. The highest BCUT2D eigenvalue weighted by Crippen LogP contribution is 2.55. The van der Waals surface area contributed by atoms with E-state index >= 15 is 0 Å². The molecule has 4 heteroatoms. The van der Waals surface area contributed by atoms with Gasteiger partial charge in [-0.3, -0.25) is 9.59 Å². The maximum Gasteiger partial charge on any atom is 0.220 e. The lowest BCUT2D eigenvalue weighted by molar-refractivity contribution is -0.127. The number of carbonyl (C=O) groups is 2.